The summed E-state index contributed by atoms with van der Waals surface area (Å²) in [5.41, 5.74) is 8.03. The normalized spacial score (nSPS) is 29.1. The molecule has 22 N–H and O–H groups in total. The van der Waals surface area contributed by atoms with Gasteiger partial charge in [-0.25, -0.2) is 4.79 Å². The molecule has 2 fully saturated rings. The van der Waals surface area contributed by atoms with E-state index in [1.54, 1.807) is 12.4 Å². The first-order chi connectivity index (χ1) is 47.7. The van der Waals surface area contributed by atoms with Crippen molar-refractivity contribution < 1.29 is 136 Å². The lowest BCUT2D eigenvalue weighted by molar-refractivity contribution is -0.651. The fraction of sp³-hybridized carbons (Fsp3) is 0.424. The van der Waals surface area contributed by atoms with Crippen molar-refractivity contribution in [2.24, 2.45) is 17.4 Å². The Hall–Kier alpha value is -8.91. The van der Waals surface area contributed by atoms with Crippen molar-refractivity contribution in [2.75, 3.05) is 13.7 Å². The van der Waals surface area contributed by atoms with Crippen LogP contribution >= 0.6 is 23.2 Å². The van der Waals surface area contributed by atoms with Gasteiger partial charge in [0.1, 0.15) is 89.5 Å². The first-order valence-corrected chi connectivity index (χ1v) is 32.5. The third-order valence-corrected chi connectivity index (χ3v) is 18.5. The molecule has 7 aliphatic heterocycles. The van der Waals surface area contributed by atoms with E-state index in [1.165, 1.54) is 26.0 Å². The van der Waals surface area contributed by atoms with Crippen LogP contribution in [0.25, 0.3) is 11.1 Å². The zero-order valence-corrected chi connectivity index (χ0v) is 57.0. The molecule has 5 aromatic carbocycles. The number of rotatable bonds is 13. The van der Waals surface area contributed by atoms with Crippen LogP contribution in [0.2, 0.25) is 10.0 Å². The molecule has 11 bridgehead atoms. The largest absolute Gasteiger partial charge is 1.00 e. The Morgan fingerprint density at radius 1 is 0.725 bits per heavy atom. The number of nitrogens with two attached hydrogens (primary N) is 3. The van der Waals surface area contributed by atoms with Gasteiger partial charge in [0.05, 0.1) is 42.3 Å². The number of primary amides is 1. The molecule has 0 unspecified atom stereocenters. The number of amides is 7. The molecule has 0 aliphatic carbocycles. The topological polar surface area (TPSA) is 535 Å². The molecule has 18 atom stereocenters. The van der Waals surface area contributed by atoms with Crippen LogP contribution in [-0.2, 0) is 52.6 Å². The van der Waals surface area contributed by atoms with Gasteiger partial charge < -0.3 is 141 Å². The number of benzene rings is 5. The molecule has 12 rings (SSSR count). The number of phenolic OH excluding ortho intramolecular Hbond substituents is 3. The SMILES string of the molecule is C[NH2+][C@H](CC(C)C)C(=O)N[C@H]1C(=O)N[C@@H](CC(N)=O)C(=O)N[C@H]2C(=O)N[C@H]3C(=O)N[C@H](C(=O)N[C@H](C(=O)O)c4cc(O)cc(O)c4-c4cc3ccc4O)[C@H](O)c3ccc(c(Cl)c3)Oc3cc2cc(c3O[C@@H]2O[C@H](CO)[C@@H](O)[C@H](O)[C@H]2O[C@H]2C[C@](C)(N)[C@H](O)[C@H](C)O2)Oc2ccc(cc2Cl)[C@H]1O.[Cl-]. The molecule has 33 nitrogen and oxygen atoms in total. The van der Waals surface area contributed by atoms with Gasteiger partial charge in [0.2, 0.25) is 47.5 Å². The van der Waals surface area contributed by atoms with Crippen LogP contribution in [-0.4, -0.2) is 191 Å². The van der Waals surface area contributed by atoms with Gasteiger partial charge >= 0.3 is 5.97 Å². The van der Waals surface area contributed by atoms with Crippen molar-refractivity contribution in [3.63, 3.8) is 0 Å². The number of carbonyl (C=O) groups is 8. The molecule has 0 spiro atoms. The van der Waals surface area contributed by atoms with E-state index in [-0.39, 0.29) is 58.6 Å². The van der Waals surface area contributed by atoms with Crippen LogP contribution in [0.3, 0.4) is 0 Å². The molecular formula is C66H76Cl3N9O24. The number of aliphatic hydroxyl groups excluding tert-OH is 6. The van der Waals surface area contributed by atoms with Crippen LogP contribution < -0.4 is 75.3 Å². The molecule has 7 amide bonds. The van der Waals surface area contributed by atoms with E-state index in [1.807, 2.05) is 13.8 Å². The number of fused-ring (bicyclic) bond motifs is 15. The lowest BCUT2D eigenvalue weighted by Gasteiger charge is -2.47. The molecule has 0 aromatic heterocycles. The number of aromatic hydroxyl groups is 3. The Morgan fingerprint density at radius 2 is 1.32 bits per heavy atom. The number of ether oxygens (including phenoxy) is 6. The summed E-state index contributed by atoms with van der Waals surface area (Å²) in [4.78, 5) is 117. The number of carbonyl (C=O) groups excluding carboxylic acids is 7. The highest BCUT2D eigenvalue weighted by Crippen LogP contribution is 2.50. The second kappa shape index (κ2) is 31.4. The van der Waals surface area contributed by atoms with Crippen LogP contribution in [0.5, 0.6) is 46.0 Å². The Labute approximate surface area is 596 Å². The van der Waals surface area contributed by atoms with Gasteiger partial charge in [-0.1, -0.05) is 55.2 Å². The maximum absolute atomic E-state index is 16.0. The summed E-state index contributed by atoms with van der Waals surface area (Å²) in [5, 5.41) is 129. The van der Waals surface area contributed by atoms with Gasteiger partial charge in [0.15, 0.2) is 36.0 Å². The summed E-state index contributed by atoms with van der Waals surface area (Å²) in [6.45, 7) is 5.70. The van der Waals surface area contributed by atoms with Crippen molar-refractivity contribution in [2.45, 2.75) is 156 Å². The van der Waals surface area contributed by atoms with E-state index in [0.717, 1.165) is 66.7 Å². The molecular weight excluding hydrogens is 1410 g/mol. The number of aliphatic hydroxyl groups is 6. The van der Waals surface area contributed by atoms with Crippen molar-refractivity contribution in [3.05, 3.63) is 117 Å². The fourth-order valence-electron chi connectivity index (χ4n) is 12.6. The monoisotopic (exact) mass is 1480 g/mol. The standard InChI is InChI=1S/C66H75Cl2N9O24.ClH/c1-23(2)12-34(71-5)58(88)76-49-51(83)26-7-10-38(32(67)14-26)97-40-16-28-17-41(55(40)101-65-56(54(86)53(85)42(22-78)99-65)100-44-21-66(4,70)57(87)24(3)96-44)98-39-11-8-27(15-33(39)68)52(84)50-63(93)75-48(64(94)95)31-18-29(79)19-37(81)45(31)30-13-25(6-9-36(30)80)46(60(90)77-50)74-61(91)47(28)73-59(89)35(20-43(69)82)72-62(49)92;/h6-11,13-19,23-24,34-35,42,44,46-54,56-57,65,71,78-81,83-87H,12,20-22,70H2,1-5H3,(H2,69,82)(H,72,92)(H,73,89)(H,74,91)(H,75,93)(H,76,88)(H,77,90)(H,94,95);1H/t24-,34+,35-,42+,44-,46+,47+,48-,49+,50-,51+,52+,53+,54-,56+,57+,65-,66-;/m0./s1. The summed E-state index contributed by atoms with van der Waals surface area (Å²) in [7, 11) is 1.60. The highest BCUT2D eigenvalue weighted by Gasteiger charge is 2.51. The molecule has 2 saturated heterocycles. The molecule has 550 valence electrons. The molecule has 7 aliphatic rings. The van der Waals surface area contributed by atoms with Crippen molar-refractivity contribution in [3.8, 4) is 57.1 Å². The van der Waals surface area contributed by atoms with Gasteiger partial charge in [0.25, 0.3) is 5.91 Å². The highest BCUT2D eigenvalue weighted by molar-refractivity contribution is 6.32. The maximum Gasteiger partial charge on any atom is 0.330 e. The Balaban J connectivity index is 0.0000121. The Morgan fingerprint density at radius 3 is 1.90 bits per heavy atom. The summed E-state index contributed by atoms with van der Waals surface area (Å²) in [6.07, 6.45) is -18.5. The van der Waals surface area contributed by atoms with Gasteiger partial charge in [-0.3, -0.25) is 33.6 Å². The van der Waals surface area contributed by atoms with Crippen LogP contribution in [0.1, 0.15) is 105 Å². The summed E-state index contributed by atoms with van der Waals surface area (Å²) in [5.74, 6) is -15.8. The van der Waals surface area contributed by atoms with E-state index in [4.69, 9.17) is 63.1 Å². The average molecular weight is 1490 g/mol. The number of phenols is 3. The quantitative estimate of drug-likeness (QED) is 0.0535. The van der Waals surface area contributed by atoms with Gasteiger partial charge in [-0.2, -0.15) is 0 Å². The number of halogens is 3. The molecule has 0 radical (unpaired) electrons. The number of aliphatic carboxylic acids is 1. The van der Waals surface area contributed by atoms with E-state index in [9.17, 15) is 75.0 Å². The maximum atomic E-state index is 16.0. The Kier molecular flexibility index (Phi) is 23.8. The number of hydrogen-bond donors (Lipinski definition) is 19. The van der Waals surface area contributed by atoms with Crippen molar-refractivity contribution in [1.82, 2.24) is 31.9 Å². The van der Waals surface area contributed by atoms with Crippen LogP contribution in [0.4, 0.5) is 0 Å². The number of carboxylic acid groups (broad SMARTS) is 1. The predicted molar refractivity (Wildman–Crippen MR) is 348 cm³/mol. The minimum absolute atomic E-state index is 0. The van der Waals surface area contributed by atoms with Gasteiger partial charge in [-0.05, 0) is 96.6 Å². The molecule has 7 heterocycles. The van der Waals surface area contributed by atoms with Crippen molar-refractivity contribution >= 4 is 70.5 Å². The smallest absolute Gasteiger partial charge is 0.330 e. The highest BCUT2D eigenvalue weighted by atomic mass is 35.5. The van der Waals surface area contributed by atoms with Crippen molar-refractivity contribution in [1.29, 1.82) is 0 Å². The minimum Gasteiger partial charge on any atom is -1.00 e. The van der Waals surface area contributed by atoms with Gasteiger partial charge in [-0.15, -0.1) is 0 Å². The summed E-state index contributed by atoms with van der Waals surface area (Å²) < 4.78 is 38.3. The second-order valence-electron chi connectivity index (χ2n) is 25.8. The molecule has 36 heteroatoms. The second-order valence-corrected chi connectivity index (χ2v) is 26.6. The third kappa shape index (κ3) is 16.3. The zero-order chi connectivity index (χ0) is 73.5. The zero-order valence-electron chi connectivity index (χ0n) is 54.8. The van der Waals surface area contributed by atoms with E-state index < -0.39 is 237 Å². The van der Waals surface area contributed by atoms with Crippen LogP contribution in [0, 0.1) is 5.92 Å². The first kappa shape index (κ1) is 77.3. The lowest BCUT2D eigenvalue weighted by Crippen LogP contribution is -3.00. The number of hydrogen-bond acceptors (Lipinski definition) is 24. The first-order valence-electron chi connectivity index (χ1n) is 31.7. The predicted octanol–water partition coefficient (Wildman–Crippen LogP) is -3.92. The average Bonchev–Trinajstić information content (AvgIpc) is 0.773. The number of quaternary nitrogens is 1. The van der Waals surface area contributed by atoms with E-state index >= 15 is 14.4 Å². The van der Waals surface area contributed by atoms with Gasteiger partial charge in [0, 0.05) is 41.1 Å². The summed E-state index contributed by atoms with van der Waals surface area (Å²) >= 11 is 14.1. The van der Waals surface area contributed by atoms with E-state index in [2.05, 4.69) is 31.9 Å². The molecule has 102 heavy (non-hydrogen) atoms. The lowest BCUT2D eigenvalue weighted by atomic mass is 9.86. The fourth-order valence-corrected chi connectivity index (χ4v) is 13.0. The molecule has 5 aromatic rings. The number of carboxylic acids is 1. The van der Waals surface area contributed by atoms with E-state index in [0.29, 0.717) is 0 Å². The Bertz CT molecular complexity index is 4080. The number of likely N-dealkylation sites (N-methyl/N-ethyl adjacent to an activating group) is 1. The minimum atomic E-state index is -2.34. The summed E-state index contributed by atoms with van der Waals surface area (Å²) in [6, 6.07) is -0.476. The van der Waals surface area contributed by atoms with Crippen LogP contribution in [0.15, 0.2) is 78.9 Å². The number of nitrogens with one attached hydrogen (secondary N) is 6. The molecule has 0 saturated carbocycles. The third-order valence-electron chi connectivity index (χ3n) is 17.9.